The Kier molecular flexibility index (Phi) is 6.18. The third-order valence-electron chi connectivity index (χ3n) is 2.36. The van der Waals surface area contributed by atoms with Crippen molar-refractivity contribution in [3.63, 3.8) is 0 Å². The number of nitrogens with one attached hydrogen (secondary N) is 1. The van der Waals surface area contributed by atoms with Gasteiger partial charge in [0.1, 0.15) is 0 Å². The molecule has 16 heavy (non-hydrogen) atoms. The summed E-state index contributed by atoms with van der Waals surface area (Å²) in [6.07, 6.45) is 2.07. The van der Waals surface area contributed by atoms with Gasteiger partial charge in [0.2, 0.25) is 0 Å². The van der Waals surface area contributed by atoms with Gasteiger partial charge in [-0.15, -0.1) is 0 Å². The summed E-state index contributed by atoms with van der Waals surface area (Å²) in [7, 11) is 0. The van der Waals surface area contributed by atoms with Gasteiger partial charge in [0.15, 0.2) is 0 Å². The molecule has 0 saturated heterocycles. The molecule has 0 aromatic heterocycles. The van der Waals surface area contributed by atoms with Crippen LogP contribution in [-0.4, -0.2) is 13.1 Å². The molecule has 0 heterocycles. The van der Waals surface area contributed by atoms with Crippen LogP contribution in [0, 0.1) is 5.92 Å². The minimum absolute atomic E-state index is 0.703. The molecule has 0 atom stereocenters. The zero-order valence-electron chi connectivity index (χ0n) is 9.89. The summed E-state index contributed by atoms with van der Waals surface area (Å²) in [5.74, 6) is 0.703. The molecule has 0 spiro atoms. The fourth-order valence-corrected chi connectivity index (χ4v) is 1.94. The lowest BCUT2D eigenvalue weighted by Crippen LogP contribution is -2.21. The van der Waals surface area contributed by atoms with Crippen LogP contribution in [0.5, 0.6) is 0 Å². The Morgan fingerprint density at radius 3 is 2.69 bits per heavy atom. The fourth-order valence-electron chi connectivity index (χ4n) is 1.53. The zero-order valence-corrected chi connectivity index (χ0v) is 11.4. The maximum Gasteiger partial charge on any atom is 0.0439 e. The molecule has 0 saturated carbocycles. The predicted molar refractivity (Wildman–Crippen MR) is 72.5 cm³/mol. The van der Waals surface area contributed by atoms with E-state index in [0.29, 0.717) is 5.92 Å². The molecule has 1 N–H and O–H groups in total. The van der Waals surface area contributed by atoms with Gasteiger partial charge in [-0.25, -0.2) is 0 Å². The van der Waals surface area contributed by atoms with Crippen molar-refractivity contribution < 1.29 is 0 Å². The number of halogens is 2. The lowest BCUT2D eigenvalue weighted by molar-refractivity contribution is 0.543. The van der Waals surface area contributed by atoms with Gasteiger partial charge in [0, 0.05) is 10.0 Å². The van der Waals surface area contributed by atoms with Crippen LogP contribution in [0.25, 0.3) is 0 Å². The van der Waals surface area contributed by atoms with Crippen LogP contribution < -0.4 is 5.32 Å². The van der Waals surface area contributed by atoms with E-state index in [1.165, 1.54) is 0 Å². The molecular formula is C13H19Cl2N. The zero-order chi connectivity index (χ0) is 12.0. The van der Waals surface area contributed by atoms with Crippen molar-refractivity contribution in [3.05, 3.63) is 33.8 Å². The average molecular weight is 260 g/mol. The highest BCUT2D eigenvalue weighted by atomic mass is 35.5. The van der Waals surface area contributed by atoms with E-state index in [2.05, 4.69) is 19.2 Å². The highest BCUT2D eigenvalue weighted by molar-refractivity contribution is 6.33. The standard InChI is InChI=1S/C13H19Cl2N/c1-10(2)9-16-7-3-4-11-8-12(14)5-6-13(11)15/h5-6,8,10,16H,3-4,7,9H2,1-2H3. The summed E-state index contributed by atoms with van der Waals surface area (Å²) in [5, 5.41) is 4.99. The van der Waals surface area contributed by atoms with Crippen LogP contribution in [0.15, 0.2) is 18.2 Å². The van der Waals surface area contributed by atoms with Crippen LogP contribution in [0.3, 0.4) is 0 Å². The minimum Gasteiger partial charge on any atom is -0.316 e. The largest absolute Gasteiger partial charge is 0.316 e. The van der Waals surface area contributed by atoms with Crippen LogP contribution >= 0.6 is 23.2 Å². The topological polar surface area (TPSA) is 12.0 Å². The maximum atomic E-state index is 6.08. The molecule has 0 amide bonds. The van der Waals surface area contributed by atoms with Gasteiger partial charge in [0.05, 0.1) is 0 Å². The number of rotatable bonds is 6. The lowest BCUT2D eigenvalue weighted by atomic mass is 10.1. The van der Waals surface area contributed by atoms with E-state index in [-0.39, 0.29) is 0 Å². The first-order chi connectivity index (χ1) is 7.59. The summed E-state index contributed by atoms with van der Waals surface area (Å²) >= 11 is 12.0. The van der Waals surface area contributed by atoms with Gasteiger partial charge in [0.25, 0.3) is 0 Å². The molecule has 0 unspecified atom stereocenters. The Hall–Kier alpha value is -0.240. The molecule has 3 heteroatoms. The van der Waals surface area contributed by atoms with E-state index in [1.807, 2.05) is 18.2 Å². The van der Waals surface area contributed by atoms with Crippen molar-refractivity contribution in [3.8, 4) is 0 Å². The second-order valence-electron chi connectivity index (χ2n) is 4.44. The average Bonchev–Trinajstić information content (AvgIpc) is 2.22. The molecule has 1 rings (SSSR count). The van der Waals surface area contributed by atoms with Crippen LogP contribution in [0.1, 0.15) is 25.8 Å². The smallest absolute Gasteiger partial charge is 0.0439 e. The fraction of sp³-hybridized carbons (Fsp3) is 0.538. The second-order valence-corrected chi connectivity index (χ2v) is 5.28. The predicted octanol–water partition coefficient (Wildman–Crippen LogP) is 4.17. The minimum atomic E-state index is 0.703. The molecule has 0 bridgehead atoms. The molecule has 1 aromatic carbocycles. The van der Waals surface area contributed by atoms with Crippen molar-refractivity contribution in [1.82, 2.24) is 5.32 Å². The first-order valence-corrected chi connectivity index (χ1v) is 6.50. The summed E-state index contributed by atoms with van der Waals surface area (Å²) < 4.78 is 0. The molecule has 0 aliphatic heterocycles. The normalized spacial score (nSPS) is 11.1. The van der Waals surface area contributed by atoms with Crippen molar-refractivity contribution in [2.75, 3.05) is 13.1 Å². The van der Waals surface area contributed by atoms with Gasteiger partial charge >= 0.3 is 0 Å². The molecule has 1 aromatic rings. The molecule has 0 aliphatic rings. The highest BCUT2D eigenvalue weighted by Gasteiger charge is 2.01. The van der Waals surface area contributed by atoms with Crippen LogP contribution in [0.2, 0.25) is 10.0 Å². The molecule has 0 fully saturated rings. The Bertz CT molecular complexity index is 324. The van der Waals surface area contributed by atoms with Crippen molar-refractivity contribution in [2.24, 2.45) is 5.92 Å². The van der Waals surface area contributed by atoms with Gasteiger partial charge < -0.3 is 5.32 Å². The number of aryl methyl sites for hydroxylation is 1. The van der Waals surface area contributed by atoms with E-state index >= 15 is 0 Å². The van der Waals surface area contributed by atoms with Gasteiger partial charge in [-0.05, 0) is 55.6 Å². The van der Waals surface area contributed by atoms with E-state index in [4.69, 9.17) is 23.2 Å². The third kappa shape index (κ3) is 5.20. The van der Waals surface area contributed by atoms with Gasteiger partial charge in [-0.3, -0.25) is 0 Å². The Balaban J connectivity index is 2.29. The Morgan fingerprint density at radius 2 is 2.00 bits per heavy atom. The molecule has 1 nitrogen and oxygen atoms in total. The van der Waals surface area contributed by atoms with Crippen molar-refractivity contribution >= 4 is 23.2 Å². The van der Waals surface area contributed by atoms with Crippen LogP contribution in [-0.2, 0) is 6.42 Å². The molecule has 90 valence electrons. The molecule has 0 radical (unpaired) electrons. The molecular weight excluding hydrogens is 241 g/mol. The molecule has 0 aliphatic carbocycles. The summed E-state index contributed by atoms with van der Waals surface area (Å²) in [6, 6.07) is 5.64. The Labute approximate surface area is 108 Å². The van der Waals surface area contributed by atoms with Crippen molar-refractivity contribution in [2.45, 2.75) is 26.7 Å². The van der Waals surface area contributed by atoms with Crippen molar-refractivity contribution in [1.29, 1.82) is 0 Å². The van der Waals surface area contributed by atoms with Gasteiger partial charge in [-0.1, -0.05) is 37.0 Å². The summed E-state index contributed by atoms with van der Waals surface area (Å²) in [5.41, 5.74) is 1.14. The second kappa shape index (κ2) is 7.16. The van der Waals surface area contributed by atoms with E-state index < -0.39 is 0 Å². The monoisotopic (exact) mass is 259 g/mol. The van der Waals surface area contributed by atoms with Gasteiger partial charge in [-0.2, -0.15) is 0 Å². The SMILES string of the molecule is CC(C)CNCCCc1cc(Cl)ccc1Cl. The van der Waals surface area contributed by atoms with E-state index in [9.17, 15) is 0 Å². The number of hydrogen-bond donors (Lipinski definition) is 1. The number of benzene rings is 1. The first-order valence-electron chi connectivity index (χ1n) is 5.74. The summed E-state index contributed by atoms with van der Waals surface area (Å²) in [6.45, 7) is 6.52. The van der Waals surface area contributed by atoms with E-state index in [1.54, 1.807) is 0 Å². The quantitative estimate of drug-likeness (QED) is 0.757. The maximum absolute atomic E-state index is 6.08. The third-order valence-corrected chi connectivity index (χ3v) is 2.96. The number of hydrogen-bond acceptors (Lipinski definition) is 1. The lowest BCUT2D eigenvalue weighted by Gasteiger charge is -2.08. The first kappa shape index (κ1) is 13.8. The Morgan fingerprint density at radius 1 is 1.25 bits per heavy atom. The highest BCUT2D eigenvalue weighted by Crippen LogP contribution is 2.21. The van der Waals surface area contributed by atoms with Crippen LogP contribution in [0.4, 0.5) is 0 Å². The summed E-state index contributed by atoms with van der Waals surface area (Å²) in [4.78, 5) is 0. The van der Waals surface area contributed by atoms with E-state index in [0.717, 1.165) is 41.5 Å².